The average molecular weight is 242 g/mol. The Bertz CT molecular complexity index is 400. The third-order valence-corrected chi connectivity index (χ3v) is 3.95. The van der Waals surface area contributed by atoms with Crippen LogP contribution in [0.25, 0.3) is 0 Å². The minimum atomic E-state index is -0.270. The molecule has 0 heterocycles. The van der Waals surface area contributed by atoms with Crippen molar-refractivity contribution in [3.8, 4) is 0 Å². The zero-order valence-corrected chi connectivity index (χ0v) is 10.4. The van der Waals surface area contributed by atoms with Gasteiger partial charge in [-0.15, -0.1) is 13.2 Å². The Hall–Kier alpha value is -1.70. The molecule has 0 aliphatic heterocycles. The highest BCUT2D eigenvalue weighted by Crippen LogP contribution is 2.38. The highest BCUT2D eigenvalue weighted by atomic mass is 16.1. The number of ketones is 2. The summed E-state index contributed by atoms with van der Waals surface area (Å²) in [6, 6.07) is 0. The van der Waals surface area contributed by atoms with E-state index in [-0.39, 0.29) is 35.2 Å². The summed E-state index contributed by atoms with van der Waals surface area (Å²) < 4.78 is 0. The fourth-order valence-electron chi connectivity index (χ4n) is 2.99. The van der Waals surface area contributed by atoms with Crippen molar-refractivity contribution in [1.29, 1.82) is 0 Å². The molecule has 0 amide bonds. The molecule has 4 atom stereocenters. The van der Waals surface area contributed by atoms with E-state index < -0.39 is 0 Å². The zero-order chi connectivity index (χ0) is 13.1. The smallest absolute Gasteiger partial charge is 0.159 e. The predicted octanol–water partition coefficient (Wildman–Crippen LogP) is 2.88. The largest absolute Gasteiger partial charge is 0.295 e. The van der Waals surface area contributed by atoms with Crippen LogP contribution < -0.4 is 0 Å². The molecule has 0 radical (unpaired) electrons. The Morgan fingerprint density at radius 2 is 1.28 bits per heavy atom. The lowest BCUT2D eigenvalue weighted by Crippen LogP contribution is -2.40. The predicted molar refractivity (Wildman–Crippen MR) is 71.9 cm³/mol. The number of carbonyl (C=O) groups excluding carboxylic acids is 2. The van der Waals surface area contributed by atoms with Crippen molar-refractivity contribution in [2.75, 3.05) is 0 Å². The first-order valence-corrected chi connectivity index (χ1v) is 6.35. The fourth-order valence-corrected chi connectivity index (χ4v) is 2.99. The van der Waals surface area contributed by atoms with Crippen LogP contribution in [0.1, 0.15) is 12.8 Å². The van der Waals surface area contributed by atoms with Crippen LogP contribution in [0.3, 0.4) is 0 Å². The standard InChI is InChI=1S/C16H18O2/c1-3-11-7-5-9-13(17)15(11)16-12(4-2)8-6-10-14(16)18/h3-6,9-12,15-16H,1-2,7-8H2/t11-,12-,15-,16+/m1/s1. The van der Waals surface area contributed by atoms with E-state index in [4.69, 9.17) is 0 Å². The molecule has 0 spiro atoms. The van der Waals surface area contributed by atoms with Crippen molar-refractivity contribution >= 4 is 11.6 Å². The first-order valence-electron chi connectivity index (χ1n) is 6.35. The van der Waals surface area contributed by atoms with Crippen LogP contribution in [0.15, 0.2) is 49.6 Å². The lowest BCUT2D eigenvalue weighted by molar-refractivity contribution is -0.130. The van der Waals surface area contributed by atoms with Gasteiger partial charge in [-0.25, -0.2) is 0 Å². The molecule has 0 fully saturated rings. The van der Waals surface area contributed by atoms with Gasteiger partial charge in [0.1, 0.15) is 0 Å². The van der Waals surface area contributed by atoms with Crippen LogP contribution in [0.5, 0.6) is 0 Å². The Morgan fingerprint density at radius 1 is 0.889 bits per heavy atom. The van der Waals surface area contributed by atoms with Gasteiger partial charge < -0.3 is 0 Å². The summed E-state index contributed by atoms with van der Waals surface area (Å²) in [4.78, 5) is 24.2. The van der Waals surface area contributed by atoms with E-state index in [1.807, 2.05) is 12.2 Å². The van der Waals surface area contributed by atoms with Crippen molar-refractivity contribution in [2.24, 2.45) is 23.7 Å². The minimum Gasteiger partial charge on any atom is -0.295 e. The van der Waals surface area contributed by atoms with Crippen LogP contribution >= 0.6 is 0 Å². The van der Waals surface area contributed by atoms with Gasteiger partial charge in [-0.3, -0.25) is 9.59 Å². The van der Waals surface area contributed by atoms with Gasteiger partial charge in [0, 0.05) is 11.8 Å². The third kappa shape index (κ3) is 2.15. The third-order valence-electron chi connectivity index (χ3n) is 3.95. The topological polar surface area (TPSA) is 34.1 Å². The molecule has 0 aromatic carbocycles. The molecule has 94 valence electrons. The SMILES string of the molecule is C=C[C@@H]1CC=CC(=O)[C@@H]1[C@@H]1C(=O)C=CC[C@H]1C=C. The van der Waals surface area contributed by atoms with Crippen LogP contribution in [0.2, 0.25) is 0 Å². The number of hydrogen-bond donors (Lipinski definition) is 0. The van der Waals surface area contributed by atoms with Crippen LogP contribution in [0.4, 0.5) is 0 Å². The molecule has 0 unspecified atom stereocenters. The molecule has 2 heteroatoms. The molecule has 0 bridgehead atoms. The number of rotatable bonds is 3. The maximum Gasteiger partial charge on any atom is 0.159 e. The monoisotopic (exact) mass is 242 g/mol. The second-order valence-corrected chi connectivity index (χ2v) is 4.93. The van der Waals surface area contributed by atoms with Crippen molar-refractivity contribution in [2.45, 2.75) is 12.8 Å². The molecule has 0 aromatic heterocycles. The summed E-state index contributed by atoms with van der Waals surface area (Å²) >= 11 is 0. The molecule has 2 aliphatic carbocycles. The van der Waals surface area contributed by atoms with E-state index in [1.54, 1.807) is 24.3 Å². The van der Waals surface area contributed by atoms with Gasteiger partial charge >= 0.3 is 0 Å². The van der Waals surface area contributed by atoms with Gasteiger partial charge in [0.15, 0.2) is 11.6 Å². The molecular weight excluding hydrogens is 224 g/mol. The summed E-state index contributed by atoms with van der Waals surface area (Å²) in [6.07, 6.45) is 12.1. The van der Waals surface area contributed by atoms with E-state index in [2.05, 4.69) is 13.2 Å². The first kappa shape index (κ1) is 12.7. The summed E-state index contributed by atoms with van der Waals surface area (Å²) in [5, 5.41) is 0. The number of carbonyl (C=O) groups is 2. The molecule has 0 saturated heterocycles. The van der Waals surface area contributed by atoms with Gasteiger partial charge in [0.2, 0.25) is 0 Å². The van der Waals surface area contributed by atoms with E-state index in [0.29, 0.717) is 0 Å². The Kier molecular flexibility index (Phi) is 3.75. The normalized spacial score (nSPS) is 35.6. The molecule has 0 aromatic rings. The lowest BCUT2D eigenvalue weighted by atomic mass is 9.66. The van der Waals surface area contributed by atoms with Gasteiger partial charge in [-0.05, 0) is 36.8 Å². The molecule has 0 saturated carbocycles. The molecule has 0 N–H and O–H groups in total. The quantitative estimate of drug-likeness (QED) is 0.713. The second kappa shape index (κ2) is 5.30. The molecule has 18 heavy (non-hydrogen) atoms. The van der Waals surface area contributed by atoms with Crippen molar-refractivity contribution < 1.29 is 9.59 Å². The second-order valence-electron chi connectivity index (χ2n) is 4.93. The van der Waals surface area contributed by atoms with Crippen LogP contribution in [-0.4, -0.2) is 11.6 Å². The van der Waals surface area contributed by atoms with E-state index >= 15 is 0 Å². The number of hydrogen-bond acceptors (Lipinski definition) is 2. The maximum atomic E-state index is 12.1. The van der Waals surface area contributed by atoms with Gasteiger partial charge in [0.05, 0.1) is 0 Å². The van der Waals surface area contributed by atoms with Crippen LogP contribution in [0, 0.1) is 23.7 Å². The Balaban J connectivity index is 2.37. The van der Waals surface area contributed by atoms with Crippen molar-refractivity contribution in [3.63, 3.8) is 0 Å². The summed E-state index contributed by atoms with van der Waals surface area (Å²) in [5.74, 6) is -0.324. The van der Waals surface area contributed by atoms with Gasteiger partial charge in [-0.1, -0.05) is 24.3 Å². The Labute approximate surface area is 108 Å². The van der Waals surface area contributed by atoms with Crippen molar-refractivity contribution in [3.05, 3.63) is 49.6 Å². The average Bonchev–Trinajstić information content (AvgIpc) is 2.38. The minimum absolute atomic E-state index is 0.0478. The summed E-state index contributed by atoms with van der Waals surface area (Å²) in [5.41, 5.74) is 0. The zero-order valence-electron chi connectivity index (χ0n) is 10.4. The highest BCUT2D eigenvalue weighted by Gasteiger charge is 2.41. The lowest BCUT2D eigenvalue weighted by Gasteiger charge is -2.35. The number of allylic oxidation sites excluding steroid dienone is 6. The van der Waals surface area contributed by atoms with Crippen LogP contribution in [-0.2, 0) is 9.59 Å². The first-order chi connectivity index (χ1) is 8.69. The van der Waals surface area contributed by atoms with E-state index in [9.17, 15) is 9.59 Å². The van der Waals surface area contributed by atoms with Gasteiger partial charge in [0.25, 0.3) is 0 Å². The molecule has 2 aliphatic rings. The maximum absolute atomic E-state index is 12.1. The molecule has 2 rings (SSSR count). The molecule has 2 nitrogen and oxygen atoms in total. The highest BCUT2D eigenvalue weighted by molar-refractivity contribution is 6.01. The van der Waals surface area contributed by atoms with Crippen molar-refractivity contribution in [1.82, 2.24) is 0 Å². The Morgan fingerprint density at radius 3 is 1.61 bits per heavy atom. The summed E-state index contributed by atoms with van der Waals surface area (Å²) in [6.45, 7) is 7.60. The van der Waals surface area contributed by atoms with Gasteiger partial charge in [-0.2, -0.15) is 0 Å². The van der Waals surface area contributed by atoms with E-state index in [1.165, 1.54) is 0 Å². The molecular formula is C16H18O2. The summed E-state index contributed by atoms with van der Waals surface area (Å²) in [7, 11) is 0. The van der Waals surface area contributed by atoms with E-state index in [0.717, 1.165) is 12.8 Å². The fraction of sp³-hybridized carbons (Fsp3) is 0.375.